The first-order valence-corrected chi connectivity index (χ1v) is 11.2. The van der Waals surface area contributed by atoms with Gasteiger partial charge in [-0.1, -0.05) is 57.6 Å². The van der Waals surface area contributed by atoms with Gasteiger partial charge in [0.2, 0.25) is 0 Å². The molecule has 164 valence electrons. The number of methoxy groups -OCH3 is 1. The summed E-state index contributed by atoms with van der Waals surface area (Å²) in [5, 5.41) is 9.93. The van der Waals surface area contributed by atoms with E-state index in [0.29, 0.717) is 12.0 Å². The van der Waals surface area contributed by atoms with Gasteiger partial charge in [-0.3, -0.25) is 9.78 Å². The van der Waals surface area contributed by atoms with Gasteiger partial charge >= 0.3 is 5.97 Å². The van der Waals surface area contributed by atoms with Gasteiger partial charge in [-0.05, 0) is 50.7 Å². The van der Waals surface area contributed by atoms with E-state index in [4.69, 9.17) is 17.0 Å². The number of aliphatic hydroxyl groups excluding tert-OH is 1. The third kappa shape index (κ3) is 10.6. The monoisotopic (exact) mass is 424 g/mol. The number of allylic oxidation sites excluding steroid dienone is 1. The van der Waals surface area contributed by atoms with E-state index < -0.39 is 5.97 Å². The molecule has 6 nitrogen and oxygen atoms in total. The molecule has 0 radical (unpaired) electrons. The summed E-state index contributed by atoms with van der Waals surface area (Å²) in [6, 6.07) is 0. The van der Waals surface area contributed by atoms with Crippen LogP contribution in [-0.4, -0.2) is 34.3 Å². The molecule has 0 unspecified atom stereocenters. The Morgan fingerprint density at radius 1 is 1.10 bits per heavy atom. The number of nitrogens with one attached hydrogen (secondary N) is 2. The van der Waals surface area contributed by atoms with Gasteiger partial charge in [0.1, 0.15) is 5.69 Å². The number of ether oxygens (including phenoxy) is 1. The Kier molecular flexibility index (Phi) is 13.2. The summed E-state index contributed by atoms with van der Waals surface area (Å²) in [4.78, 5) is 29.2. The summed E-state index contributed by atoms with van der Waals surface area (Å²) in [6.45, 7) is 2.19. The van der Waals surface area contributed by atoms with Gasteiger partial charge in [0, 0.05) is 5.56 Å². The molecular formula is C22H36N2O4S. The van der Waals surface area contributed by atoms with Crippen LogP contribution in [0.2, 0.25) is 0 Å². The molecule has 0 aliphatic rings. The van der Waals surface area contributed by atoms with Crippen LogP contribution < -0.4 is 5.56 Å². The molecule has 1 atom stereocenters. The minimum atomic E-state index is -0.574. The van der Waals surface area contributed by atoms with Gasteiger partial charge in [-0.25, -0.2) is 4.79 Å². The van der Waals surface area contributed by atoms with E-state index in [0.717, 1.165) is 51.4 Å². The zero-order valence-electron chi connectivity index (χ0n) is 17.8. The number of esters is 1. The lowest BCUT2D eigenvalue weighted by atomic mass is 10.0. The number of rotatable bonds is 15. The van der Waals surface area contributed by atoms with Crippen molar-refractivity contribution in [2.24, 2.45) is 0 Å². The molecular weight excluding hydrogens is 388 g/mol. The molecule has 1 rings (SSSR count). The van der Waals surface area contributed by atoms with Gasteiger partial charge in [0.25, 0.3) is 5.56 Å². The number of hydrogen-bond donors (Lipinski definition) is 3. The number of aliphatic hydroxyl groups is 1. The summed E-state index contributed by atoms with van der Waals surface area (Å²) < 4.78 is 4.85. The van der Waals surface area contributed by atoms with E-state index in [1.807, 2.05) is 0 Å². The van der Waals surface area contributed by atoms with Crippen molar-refractivity contribution >= 4 is 18.2 Å². The van der Waals surface area contributed by atoms with Gasteiger partial charge in [0.15, 0.2) is 4.77 Å². The Morgan fingerprint density at radius 2 is 1.83 bits per heavy atom. The van der Waals surface area contributed by atoms with Crippen LogP contribution in [0, 0.1) is 4.77 Å². The fourth-order valence-corrected chi connectivity index (χ4v) is 3.44. The van der Waals surface area contributed by atoms with Gasteiger partial charge in [0.05, 0.1) is 13.2 Å². The van der Waals surface area contributed by atoms with Crippen molar-refractivity contribution in [3.8, 4) is 0 Å². The summed E-state index contributed by atoms with van der Waals surface area (Å²) in [5.74, 6) is -0.574. The number of carbonyl (C=O) groups excluding carboxylic acids is 1. The van der Waals surface area contributed by atoms with Crippen molar-refractivity contribution in [3.05, 3.63) is 38.5 Å². The lowest BCUT2D eigenvalue weighted by Gasteiger charge is -2.07. The van der Waals surface area contributed by atoms with E-state index in [-0.39, 0.29) is 22.1 Å². The van der Waals surface area contributed by atoms with E-state index in [9.17, 15) is 14.7 Å². The SMILES string of the molecule is CCCCCC[C@H](O)C/C=C/CCCCCCc1c(C(=O)OC)[nH]c(=S)[nH]c1=O. The molecule has 0 aliphatic heterocycles. The summed E-state index contributed by atoms with van der Waals surface area (Å²) in [6.07, 6.45) is 15.8. The van der Waals surface area contributed by atoms with Crippen molar-refractivity contribution in [2.75, 3.05) is 7.11 Å². The van der Waals surface area contributed by atoms with Crippen molar-refractivity contribution in [2.45, 2.75) is 90.1 Å². The average Bonchev–Trinajstić information content (AvgIpc) is 2.70. The van der Waals surface area contributed by atoms with Gasteiger partial charge in [-0.15, -0.1) is 0 Å². The number of H-pyrrole nitrogens is 2. The number of hydrogen-bond acceptors (Lipinski definition) is 5. The van der Waals surface area contributed by atoms with E-state index in [1.54, 1.807) is 0 Å². The molecule has 0 saturated heterocycles. The fourth-order valence-electron chi connectivity index (χ4n) is 3.24. The zero-order valence-corrected chi connectivity index (χ0v) is 18.6. The van der Waals surface area contributed by atoms with Crippen molar-refractivity contribution in [1.82, 2.24) is 9.97 Å². The second-order valence-electron chi connectivity index (χ2n) is 7.42. The highest BCUT2D eigenvalue weighted by Gasteiger charge is 2.15. The van der Waals surface area contributed by atoms with Gasteiger partial charge in [-0.2, -0.15) is 0 Å². The summed E-state index contributed by atoms with van der Waals surface area (Å²) in [5.41, 5.74) is 0.223. The van der Waals surface area contributed by atoms with E-state index >= 15 is 0 Å². The Bertz CT molecular complexity index is 739. The number of carbonyl (C=O) groups is 1. The van der Waals surface area contributed by atoms with Crippen LogP contribution >= 0.6 is 12.2 Å². The predicted octanol–water partition coefficient (Wildman–Crippen LogP) is 4.99. The molecule has 0 fully saturated rings. The van der Waals surface area contributed by atoms with E-state index in [1.165, 1.54) is 26.4 Å². The quantitative estimate of drug-likeness (QED) is 0.160. The summed E-state index contributed by atoms with van der Waals surface area (Å²) in [7, 11) is 1.28. The lowest BCUT2D eigenvalue weighted by Crippen LogP contribution is -2.21. The standard InChI is InChI=1S/C22H36N2O4S/c1-3-4-5-11-14-17(25)15-12-9-7-6-8-10-13-16-18-19(21(27)28-2)23-22(29)24-20(18)26/h9,12,17,25H,3-8,10-11,13-16H2,1-2H3,(H2,23,24,26,29)/b12-9+/t17-/m0/s1. The van der Waals surface area contributed by atoms with Crippen LogP contribution in [0.4, 0.5) is 0 Å². The fraction of sp³-hybridized carbons (Fsp3) is 0.682. The van der Waals surface area contributed by atoms with Gasteiger partial charge < -0.3 is 14.8 Å². The second-order valence-corrected chi connectivity index (χ2v) is 7.82. The molecule has 0 saturated carbocycles. The van der Waals surface area contributed by atoms with Crippen LogP contribution in [0.3, 0.4) is 0 Å². The smallest absolute Gasteiger partial charge is 0.355 e. The Hall–Kier alpha value is -1.73. The largest absolute Gasteiger partial charge is 0.464 e. The highest BCUT2D eigenvalue weighted by Crippen LogP contribution is 2.11. The highest BCUT2D eigenvalue weighted by molar-refractivity contribution is 7.71. The highest BCUT2D eigenvalue weighted by atomic mass is 32.1. The first-order valence-electron chi connectivity index (χ1n) is 10.8. The molecule has 0 aromatic carbocycles. The van der Waals surface area contributed by atoms with Crippen molar-refractivity contribution < 1.29 is 14.6 Å². The van der Waals surface area contributed by atoms with Crippen LogP contribution in [-0.2, 0) is 11.2 Å². The number of aromatic amines is 2. The van der Waals surface area contributed by atoms with Crippen molar-refractivity contribution in [3.63, 3.8) is 0 Å². The average molecular weight is 425 g/mol. The first kappa shape index (κ1) is 25.3. The molecule has 0 amide bonds. The topological polar surface area (TPSA) is 95.2 Å². The summed E-state index contributed by atoms with van der Waals surface area (Å²) >= 11 is 4.92. The van der Waals surface area contributed by atoms with Crippen LogP contribution in [0.25, 0.3) is 0 Å². The molecule has 1 heterocycles. The maximum Gasteiger partial charge on any atom is 0.355 e. The Morgan fingerprint density at radius 3 is 2.55 bits per heavy atom. The second kappa shape index (κ2) is 15.2. The van der Waals surface area contributed by atoms with Crippen LogP contribution in [0.1, 0.15) is 93.6 Å². The predicted molar refractivity (Wildman–Crippen MR) is 119 cm³/mol. The maximum atomic E-state index is 12.1. The van der Waals surface area contributed by atoms with Crippen LogP contribution in [0.5, 0.6) is 0 Å². The molecule has 0 bridgehead atoms. The molecule has 29 heavy (non-hydrogen) atoms. The molecule has 1 aromatic heterocycles. The lowest BCUT2D eigenvalue weighted by molar-refractivity contribution is 0.0592. The molecule has 3 N–H and O–H groups in total. The minimum Gasteiger partial charge on any atom is -0.464 e. The van der Waals surface area contributed by atoms with Crippen LogP contribution in [0.15, 0.2) is 16.9 Å². The zero-order chi connectivity index (χ0) is 21.5. The minimum absolute atomic E-state index is 0.122. The maximum absolute atomic E-state index is 12.1. The molecule has 1 aromatic rings. The first-order chi connectivity index (χ1) is 14.0. The van der Waals surface area contributed by atoms with E-state index in [2.05, 4.69) is 29.0 Å². The third-order valence-electron chi connectivity index (χ3n) is 4.94. The molecule has 7 heteroatoms. The Labute approximate surface area is 178 Å². The number of unbranched alkanes of at least 4 members (excludes halogenated alkanes) is 7. The number of aromatic nitrogens is 2. The molecule has 0 spiro atoms. The Balaban J connectivity index is 2.23. The molecule has 0 aliphatic carbocycles. The third-order valence-corrected chi connectivity index (χ3v) is 5.15. The van der Waals surface area contributed by atoms with Crippen molar-refractivity contribution in [1.29, 1.82) is 0 Å². The normalized spacial score (nSPS) is 12.4.